The lowest BCUT2D eigenvalue weighted by Gasteiger charge is -2.20. The van der Waals surface area contributed by atoms with Gasteiger partial charge in [0, 0.05) is 5.92 Å². The largest absolute Gasteiger partial charge is 0.480 e. The number of hydrogen-bond donors (Lipinski definition) is 3. The molecule has 0 radical (unpaired) electrons. The highest BCUT2D eigenvalue weighted by atomic mass is 16.5. The third-order valence-corrected chi connectivity index (χ3v) is 5.53. The summed E-state index contributed by atoms with van der Waals surface area (Å²) in [5.74, 6) is -1.74. The molecule has 2 aromatic rings. The van der Waals surface area contributed by atoms with E-state index in [-0.39, 0.29) is 12.5 Å². The van der Waals surface area contributed by atoms with E-state index >= 15 is 0 Å². The number of carbonyl (C=O) groups excluding carboxylic acids is 2. The molecule has 0 fully saturated rings. The van der Waals surface area contributed by atoms with Crippen LogP contribution in [0.5, 0.6) is 0 Å². The molecule has 2 aromatic carbocycles. The second-order valence-electron chi connectivity index (χ2n) is 7.73. The average molecular weight is 424 g/mol. The lowest BCUT2D eigenvalue weighted by molar-refractivity contribution is -0.141. The number of amides is 2. The standard InChI is InChI=1S/C24H28N2O5/c1-3-4-13-21(22(27)25-15(2)23(28)29)26-24(30)31-14-20-18-11-7-5-9-16(18)17-10-6-8-12-19(17)20/h5-12,15,20-21H,3-4,13-14H2,1-2H3,(H,25,27)(H,26,30)(H,28,29)/t15-,21+/m1/s1. The van der Waals surface area contributed by atoms with Gasteiger partial charge in [0.2, 0.25) is 5.91 Å². The number of ether oxygens (including phenoxy) is 1. The zero-order chi connectivity index (χ0) is 22.4. The van der Waals surface area contributed by atoms with Gasteiger partial charge in [-0.3, -0.25) is 9.59 Å². The first kappa shape index (κ1) is 22.3. The minimum absolute atomic E-state index is 0.0758. The van der Waals surface area contributed by atoms with Crippen LogP contribution in [0.25, 0.3) is 11.1 Å². The molecule has 0 spiro atoms. The van der Waals surface area contributed by atoms with Crippen LogP contribution in [0.2, 0.25) is 0 Å². The SMILES string of the molecule is CCCC[C@H](NC(=O)OCC1c2ccccc2-c2ccccc21)C(=O)N[C@H](C)C(=O)O. The Morgan fingerprint density at radius 2 is 1.58 bits per heavy atom. The number of carboxylic acid groups (broad SMARTS) is 1. The van der Waals surface area contributed by atoms with Crippen LogP contribution in [0.1, 0.15) is 50.2 Å². The van der Waals surface area contributed by atoms with Crippen LogP contribution in [-0.4, -0.2) is 41.8 Å². The second-order valence-corrected chi connectivity index (χ2v) is 7.73. The Balaban J connectivity index is 1.65. The molecule has 164 valence electrons. The number of aliphatic carboxylic acids is 1. The molecule has 3 N–H and O–H groups in total. The molecule has 0 unspecified atom stereocenters. The Morgan fingerprint density at radius 1 is 1.00 bits per heavy atom. The van der Waals surface area contributed by atoms with Gasteiger partial charge in [-0.15, -0.1) is 0 Å². The monoisotopic (exact) mass is 424 g/mol. The van der Waals surface area contributed by atoms with Gasteiger partial charge in [-0.2, -0.15) is 0 Å². The summed E-state index contributed by atoms with van der Waals surface area (Å²) >= 11 is 0. The van der Waals surface area contributed by atoms with Gasteiger partial charge in [0.05, 0.1) is 0 Å². The number of hydrogen-bond acceptors (Lipinski definition) is 4. The fourth-order valence-corrected chi connectivity index (χ4v) is 3.84. The van der Waals surface area contributed by atoms with Crippen molar-refractivity contribution in [2.24, 2.45) is 0 Å². The molecule has 0 saturated heterocycles. The molecule has 31 heavy (non-hydrogen) atoms. The molecule has 2 amide bonds. The topological polar surface area (TPSA) is 105 Å². The first-order chi connectivity index (χ1) is 14.9. The van der Waals surface area contributed by atoms with E-state index in [0.29, 0.717) is 12.8 Å². The second kappa shape index (κ2) is 10.1. The Bertz CT molecular complexity index is 913. The van der Waals surface area contributed by atoms with Crippen LogP contribution in [0.3, 0.4) is 0 Å². The van der Waals surface area contributed by atoms with Gasteiger partial charge in [-0.1, -0.05) is 68.3 Å². The average Bonchev–Trinajstić information content (AvgIpc) is 3.08. The molecule has 0 heterocycles. The maximum absolute atomic E-state index is 12.5. The van der Waals surface area contributed by atoms with E-state index in [1.165, 1.54) is 6.92 Å². The third-order valence-electron chi connectivity index (χ3n) is 5.53. The normalized spacial score (nSPS) is 14.1. The Morgan fingerprint density at radius 3 is 2.13 bits per heavy atom. The number of rotatable bonds is 9. The quantitative estimate of drug-likeness (QED) is 0.570. The predicted octanol–water partition coefficient (Wildman–Crippen LogP) is 3.67. The van der Waals surface area contributed by atoms with E-state index in [0.717, 1.165) is 28.7 Å². The van der Waals surface area contributed by atoms with Crippen molar-refractivity contribution in [1.29, 1.82) is 0 Å². The fraction of sp³-hybridized carbons (Fsp3) is 0.375. The maximum atomic E-state index is 12.5. The molecule has 0 aliphatic heterocycles. The molecular weight excluding hydrogens is 396 g/mol. The molecule has 0 saturated carbocycles. The van der Waals surface area contributed by atoms with E-state index in [9.17, 15) is 14.4 Å². The van der Waals surface area contributed by atoms with Crippen LogP contribution >= 0.6 is 0 Å². The summed E-state index contributed by atoms with van der Waals surface area (Å²) in [5, 5.41) is 14.0. The summed E-state index contributed by atoms with van der Waals surface area (Å²) in [6.45, 7) is 3.50. The Hall–Kier alpha value is -3.35. The number of carboxylic acids is 1. The van der Waals surface area contributed by atoms with E-state index in [1.54, 1.807) is 0 Å². The highest BCUT2D eigenvalue weighted by molar-refractivity contribution is 5.89. The van der Waals surface area contributed by atoms with Crippen LogP contribution in [-0.2, 0) is 14.3 Å². The van der Waals surface area contributed by atoms with E-state index < -0.39 is 30.1 Å². The van der Waals surface area contributed by atoms with Gasteiger partial charge in [0.15, 0.2) is 0 Å². The summed E-state index contributed by atoms with van der Waals surface area (Å²) in [7, 11) is 0. The van der Waals surface area contributed by atoms with E-state index in [1.807, 2.05) is 43.3 Å². The highest BCUT2D eigenvalue weighted by Gasteiger charge is 2.30. The molecule has 1 aliphatic carbocycles. The van der Waals surface area contributed by atoms with Crippen molar-refractivity contribution >= 4 is 18.0 Å². The highest BCUT2D eigenvalue weighted by Crippen LogP contribution is 2.44. The minimum Gasteiger partial charge on any atom is -0.480 e. The smallest absolute Gasteiger partial charge is 0.407 e. The van der Waals surface area contributed by atoms with Gasteiger partial charge in [-0.05, 0) is 35.6 Å². The van der Waals surface area contributed by atoms with E-state index in [4.69, 9.17) is 9.84 Å². The molecule has 0 aromatic heterocycles. The van der Waals surface area contributed by atoms with Crippen LogP contribution in [0.15, 0.2) is 48.5 Å². The molecule has 1 aliphatic rings. The Labute approximate surface area is 181 Å². The number of nitrogens with one attached hydrogen (secondary N) is 2. The molecular formula is C24H28N2O5. The molecule has 2 atom stereocenters. The zero-order valence-corrected chi connectivity index (χ0v) is 17.8. The molecule has 3 rings (SSSR count). The molecule has 7 nitrogen and oxygen atoms in total. The summed E-state index contributed by atoms with van der Waals surface area (Å²) in [5.41, 5.74) is 4.48. The van der Waals surface area contributed by atoms with Crippen molar-refractivity contribution in [2.75, 3.05) is 6.61 Å². The predicted molar refractivity (Wildman–Crippen MR) is 117 cm³/mol. The van der Waals surface area contributed by atoms with Gasteiger partial charge >= 0.3 is 12.1 Å². The minimum atomic E-state index is -1.14. The third kappa shape index (κ3) is 5.23. The number of alkyl carbamates (subject to hydrolysis) is 1. The fourth-order valence-electron chi connectivity index (χ4n) is 3.84. The van der Waals surface area contributed by atoms with Gasteiger partial charge < -0.3 is 20.5 Å². The number of benzene rings is 2. The van der Waals surface area contributed by atoms with Crippen molar-refractivity contribution < 1.29 is 24.2 Å². The van der Waals surface area contributed by atoms with Crippen molar-refractivity contribution in [3.05, 3.63) is 59.7 Å². The zero-order valence-electron chi connectivity index (χ0n) is 17.8. The molecule has 0 bridgehead atoms. The van der Waals surface area contributed by atoms with Gasteiger partial charge in [0.1, 0.15) is 18.7 Å². The first-order valence-corrected chi connectivity index (χ1v) is 10.6. The van der Waals surface area contributed by atoms with Gasteiger partial charge in [0.25, 0.3) is 0 Å². The molecule has 7 heteroatoms. The van der Waals surface area contributed by atoms with Crippen LogP contribution in [0.4, 0.5) is 4.79 Å². The first-order valence-electron chi connectivity index (χ1n) is 10.6. The number of unbranched alkanes of at least 4 members (excludes halogenated alkanes) is 1. The van der Waals surface area contributed by atoms with Crippen LogP contribution in [0, 0.1) is 0 Å². The van der Waals surface area contributed by atoms with Crippen molar-refractivity contribution in [1.82, 2.24) is 10.6 Å². The van der Waals surface area contributed by atoms with Crippen molar-refractivity contribution in [3.8, 4) is 11.1 Å². The van der Waals surface area contributed by atoms with Crippen LogP contribution < -0.4 is 10.6 Å². The summed E-state index contributed by atoms with van der Waals surface area (Å²) < 4.78 is 5.51. The lowest BCUT2D eigenvalue weighted by atomic mass is 9.98. The number of carbonyl (C=O) groups is 3. The van der Waals surface area contributed by atoms with Crippen molar-refractivity contribution in [3.63, 3.8) is 0 Å². The number of fused-ring (bicyclic) bond motifs is 3. The lowest BCUT2D eigenvalue weighted by Crippen LogP contribution is -2.50. The van der Waals surface area contributed by atoms with Crippen molar-refractivity contribution in [2.45, 2.75) is 51.1 Å². The summed E-state index contributed by atoms with van der Waals surface area (Å²) in [4.78, 5) is 36.0. The Kier molecular flexibility index (Phi) is 7.28. The van der Waals surface area contributed by atoms with Gasteiger partial charge in [-0.25, -0.2) is 4.79 Å². The van der Waals surface area contributed by atoms with E-state index in [2.05, 4.69) is 22.8 Å². The summed E-state index contributed by atoms with van der Waals surface area (Å²) in [6, 6.07) is 14.2. The summed E-state index contributed by atoms with van der Waals surface area (Å²) in [6.07, 6.45) is 1.26. The maximum Gasteiger partial charge on any atom is 0.407 e.